The number of halogens is 1. The number of carboxylic acids is 1. The Balaban J connectivity index is 1.57. The second-order valence-electron chi connectivity index (χ2n) is 6.27. The van der Waals surface area contributed by atoms with E-state index < -0.39 is 5.97 Å². The van der Waals surface area contributed by atoms with Gasteiger partial charge in [-0.1, -0.05) is 24.6 Å². The number of benzene rings is 1. The van der Waals surface area contributed by atoms with E-state index >= 15 is 0 Å². The van der Waals surface area contributed by atoms with Crippen LogP contribution in [-0.4, -0.2) is 46.1 Å². The van der Waals surface area contributed by atoms with Crippen LogP contribution in [0.4, 0.5) is 0 Å². The van der Waals surface area contributed by atoms with Crippen LogP contribution in [0.2, 0.25) is 5.02 Å². The van der Waals surface area contributed by atoms with Crippen molar-refractivity contribution < 1.29 is 9.90 Å². The van der Waals surface area contributed by atoms with Crippen molar-refractivity contribution >= 4 is 28.5 Å². The van der Waals surface area contributed by atoms with Crippen molar-refractivity contribution in [1.29, 1.82) is 0 Å². The van der Waals surface area contributed by atoms with Crippen molar-refractivity contribution in [2.75, 3.05) is 13.1 Å². The Morgan fingerprint density at radius 2 is 2.21 bits per heavy atom. The number of hydrogen-bond acceptors (Lipinski definition) is 4. The summed E-state index contributed by atoms with van der Waals surface area (Å²) in [5.41, 5.74) is 2.07. The molecule has 3 rings (SSSR count). The average Bonchev–Trinajstić information content (AvgIpc) is 2.54. The van der Waals surface area contributed by atoms with Crippen LogP contribution in [0, 0.1) is 0 Å². The Kier molecular flexibility index (Phi) is 5.33. The van der Waals surface area contributed by atoms with Gasteiger partial charge in [-0.05, 0) is 43.1 Å². The van der Waals surface area contributed by atoms with Crippen molar-refractivity contribution in [1.82, 2.24) is 15.2 Å². The fraction of sp³-hybridized carbons (Fsp3) is 0.444. The number of carbonyl (C=O) groups is 1. The molecule has 0 atom stereocenters. The first-order valence-corrected chi connectivity index (χ1v) is 8.67. The number of rotatable bonds is 7. The van der Waals surface area contributed by atoms with E-state index in [1.165, 1.54) is 0 Å². The molecule has 24 heavy (non-hydrogen) atoms. The summed E-state index contributed by atoms with van der Waals surface area (Å²) in [5.74, 6) is -0.757. The molecular formula is C18H22ClN3O2. The topological polar surface area (TPSA) is 65.5 Å². The number of likely N-dealkylation sites (N-methyl/N-ethyl adjacent to an activating group) is 1. The third-order valence-corrected chi connectivity index (χ3v) is 5.08. The molecule has 1 aliphatic rings. The zero-order valence-electron chi connectivity index (χ0n) is 13.7. The smallest absolute Gasteiger partial charge is 0.317 e. The van der Waals surface area contributed by atoms with Crippen LogP contribution in [0.3, 0.4) is 0 Å². The average molecular weight is 348 g/mol. The van der Waals surface area contributed by atoms with E-state index in [0.29, 0.717) is 12.1 Å². The maximum absolute atomic E-state index is 10.9. The molecule has 1 heterocycles. The summed E-state index contributed by atoms with van der Waals surface area (Å²) in [6, 6.07) is 8.60. The highest BCUT2D eigenvalue weighted by atomic mass is 35.5. The number of carboxylic acid groups (broad SMARTS) is 1. The van der Waals surface area contributed by atoms with Gasteiger partial charge in [-0.25, -0.2) is 0 Å². The normalized spacial score (nSPS) is 20.3. The highest BCUT2D eigenvalue weighted by molar-refractivity contribution is 6.35. The standard InChI is InChI=1S/C18H22ClN3O2/c1-2-22(11-17(23)24)14-8-13(9-14)21-10-12-5-6-16(19)15-4-3-7-20-18(12)15/h3-7,13-14,21H,2,8-11H2,1H3,(H,23,24). The number of aliphatic carboxylic acids is 1. The van der Waals surface area contributed by atoms with Crippen molar-refractivity contribution in [2.45, 2.75) is 38.4 Å². The first-order chi connectivity index (χ1) is 11.6. The van der Waals surface area contributed by atoms with Crippen LogP contribution < -0.4 is 5.32 Å². The summed E-state index contributed by atoms with van der Waals surface area (Å²) in [7, 11) is 0. The summed E-state index contributed by atoms with van der Waals surface area (Å²) in [6.07, 6.45) is 3.76. The van der Waals surface area contributed by atoms with Gasteiger partial charge < -0.3 is 10.4 Å². The quantitative estimate of drug-likeness (QED) is 0.806. The maximum Gasteiger partial charge on any atom is 0.317 e. The van der Waals surface area contributed by atoms with E-state index in [2.05, 4.69) is 10.3 Å². The van der Waals surface area contributed by atoms with Gasteiger partial charge in [0.1, 0.15) is 0 Å². The SMILES string of the molecule is CCN(CC(=O)O)C1CC(NCc2ccc(Cl)c3cccnc23)C1. The number of pyridine rings is 1. The lowest BCUT2D eigenvalue weighted by atomic mass is 9.85. The van der Waals surface area contributed by atoms with Crippen LogP contribution in [0.1, 0.15) is 25.3 Å². The van der Waals surface area contributed by atoms with E-state index in [9.17, 15) is 4.79 Å². The summed E-state index contributed by atoms with van der Waals surface area (Å²) in [5, 5.41) is 14.2. The van der Waals surface area contributed by atoms with Crippen molar-refractivity contribution in [3.63, 3.8) is 0 Å². The number of hydrogen-bond donors (Lipinski definition) is 2. The van der Waals surface area contributed by atoms with E-state index in [1.54, 1.807) is 6.20 Å². The molecule has 0 amide bonds. The third-order valence-electron chi connectivity index (χ3n) is 4.76. The van der Waals surface area contributed by atoms with E-state index in [4.69, 9.17) is 16.7 Å². The van der Waals surface area contributed by atoms with Gasteiger partial charge in [-0.2, -0.15) is 0 Å². The van der Waals surface area contributed by atoms with Gasteiger partial charge in [-0.15, -0.1) is 0 Å². The van der Waals surface area contributed by atoms with Crippen LogP contribution in [0.5, 0.6) is 0 Å². The molecule has 0 radical (unpaired) electrons. The molecule has 5 nitrogen and oxygen atoms in total. The Morgan fingerprint density at radius 3 is 2.92 bits per heavy atom. The molecule has 0 bridgehead atoms. The Labute approximate surface area is 146 Å². The van der Waals surface area contributed by atoms with E-state index in [0.717, 1.165) is 47.4 Å². The van der Waals surface area contributed by atoms with E-state index in [1.807, 2.05) is 36.1 Å². The molecule has 1 saturated carbocycles. The minimum Gasteiger partial charge on any atom is -0.480 e. The van der Waals surface area contributed by atoms with Crippen LogP contribution in [-0.2, 0) is 11.3 Å². The monoisotopic (exact) mass is 347 g/mol. The Bertz CT molecular complexity index is 731. The minimum absolute atomic E-state index is 0.125. The van der Waals surface area contributed by atoms with Crippen molar-refractivity contribution in [3.05, 3.63) is 41.0 Å². The predicted molar refractivity (Wildman–Crippen MR) is 95.3 cm³/mol. The lowest BCUT2D eigenvalue weighted by Gasteiger charge is -2.42. The largest absolute Gasteiger partial charge is 0.480 e. The molecule has 0 spiro atoms. The number of nitrogens with zero attached hydrogens (tertiary/aromatic N) is 2. The van der Waals surface area contributed by atoms with Gasteiger partial charge in [0.05, 0.1) is 12.1 Å². The molecule has 0 unspecified atom stereocenters. The molecule has 0 aliphatic heterocycles. The van der Waals surface area contributed by atoms with Crippen LogP contribution in [0.25, 0.3) is 10.9 Å². The second-order valence-corrected chi connectivity index (χ2v) is 6.67. The molecule has 2 aromatic rings. The minimum atomic E-state index is -0.757. The van der Waals surface area contributed by atoms with Gasteiger partial charge in [0.25, 0.3) is 0 Å². The second kappa shape index (κ2) is 7.47. The Morgan fingerprint density at radius 1 is 1.42 bits per heavy atom. The van der Waals surface area contributed by atoms with E-state index in [-0.39, 0.29) is 6.54 Å². The molecule has 1 aromatic carbocycles. The first kappa shape index (κ1) is 17.1. The van der Waals surface area contributed by atoms with Gasteiger partial charge in [0.2, 0.25) is 0 Å². The van der Waals surface area contributed by atoms with Gasteiger partial charge in [0, 0.05) is 35.2 Å². The van der Waals surface area contributed by atoms with Crippen molar-refractivity contribution in [3.8, 4) is 0 Å². The molecule has 6 heteroatoms. The number of aromatic nitrogens is 1. The molecule has 128 valence electrons. The zero-order valence-corrected chi connectivity index (χ0v) is 14.5. The fourth-order valence-electron chi connectivity index (χ4n) is 3.32. The summed E-state index contributed by atoms with van der Waals surface area (Å²) < 4.78 is 0. The highest BCUT2D eigenvalue weighted by Gasteiger charge is 2.33. The van der Waals surface area contributed by atoms with Gasteiger partial charge in [0.15, 0.2) is 0 Å². The summed E-state index contributed by atoms with van der Waals surface area (Å²) in [6.45, 7) is 3.65. The van der Waals surface area contributed by atoms with Crippen molar-refractivity contribution in [2.24, 2.45) is 0 Å². The van der Waals surface area contributed by atoms with Crippen LogP contribution >= 0.6 is 11.6 Å². The van der Waals surface area contributed by atoms with Crippen LogP contribution in [0.15, 0.2) is 30.5 Å². The number of nitrogens with one attached hydrogen (secondary N) is 1. The number of fused-ring (bicyclic) bond motifs is 1. The molecule has 2 N–H and O–H groups in total. The first-order valence-electron chi connectivity index (χ1n) is 8.29. The molecule has 1 aromatic heterocycles. The lowest BCUT2D eigenvalue weighted by molar-refractivity contribution is -0.139. The summed E-state index contributed by atoms with van der Waals surface area (Å²) in [4.78, 5) is 17.4. The molecule has 0 saturated heterocycles. The fourth-order valence-corrected chi connectivity index (χ4v) is 3.53. The lowest BCUT2D eigenvalue weighted by Crippen LogP contribution is -2.53. The maximum atomic E-state index is 10.9. The summed E-state index contributed by atoms with van der Waals surface area (Å²) >= 11 is 6.23. The van der Waals surface area contributed by atoms with Gasteiger partial charge in [-0.3, -0.25) is 14.7 Å². The Hall–Kier alpha value is -1.69. The van der Waals surface area contributed by atoms with Gasteiger partial charge >= 0.3 is 5.97 Å². The zero-order chi connectivity index (χ0) is 17.1. The molecule has 1 fully saturated rings. The molecular weight excluding hydrogens is 326 g/mol. The predicted octanol–water partition coefficient (Wildman–Crippen LogP) is 2.92. The highest BCUT2D eigenvalue weighted by Crippen LogP contribution is 2.28. The third kappa shape index (κ3) is 3.69. The molecule has 1 aliphatic carbocycles.